The Morgan fingerprint density at radius 1 is 1.15 bits per heavy atom. The monoisotopic (exact) mass is 372 g/mol. The fourth-order valence-electron chi connectivity index (χ4n) is 3.59. The molecule has 0 bridgehead atoms. The van der Waals surface area contributed by atoms with Crippen molar-refractivity contribution in [1.29, 1.82) is 0 Å². The standard InChI is InChI=1S/C19H24N4O2S/c24-19(18-17(14-9-10-14)21-23-22-18)20-15-6-4-5-13(11-15)12-26(25)16-7-2-1-3-8-16/h4-6,11,14,16H,1-3,7-10,12H2,(H,20,24)(H,21,22,23). The number of hydrogen-bond acceptors (Lipinski definition) is 4. The SMILES string of the molecule is O=C(Nc1cccc(CS(=O)C2CCCCC2)c1)c1n[nH]nc1C1CC1. The fourth-order valence-corrected chi connectivity index (χ4v) is 5.19. The van der Waals surface area contributed by atoms with Crippen molar-refractivity contribution in [3.05, 3.63) is 41.2 Å². The molecule has 2 fully saturated rings. The minimum absolute atomic E-state index is 0.244. The number of aromatic nitrogens is 3. The van der Waals surface area contributed by atoms with Gasteiger partial charge < -0.3 is 5.32 Å². The van der Waals surface area contributed by atoms with E-state index in [1.807, 2.05) is 24.3 Å². The summed E-state index contributed by atoms with van der Waals surface area (Å²) in [7, 11) is -0.850. The van der Waals surface area contributed by atoms with Crippen LogP contribution >= 0.6 is 0 Å². The molecule has 2 N–H and O–H groups in total. The van der Waals surface area contributed by atoms with Gasteiger partial charge in [-0.1, -0.05) is 31.4 Å². The van der Waals surface area contributed by atoms with E-state index in [-0.39, 0.29) is 5.91 Å². The second kappa shape index (κ2) is 7.70. The maximum atomic E-state index is 12.6. The Morgan fingerprint density at radius 2 is 1.96 bits per heavy atom. The van der Waals surface area contributed by atoms with Gasteiger partial charge in [0, 0.05) is 33.4 Å². The van der Waals surface area contributed by atoms with Crippen LogP contribution in [0.25, 0.3) is 0 Å². The van der Waals surface area contributed by atoms with Crippen LogP contribution in [0.1, 0.15) is 72.6 Å². The van der Waals surface area contributed by atoms with Gasteiger partial charge in [-0.25, -0.2) is 0 Å². The average molecular weight is 372 g/mol. The summed E-state index contributed by atoms with van der Waals surface area (Å²) in [6.07, 6.45) is 7.91. The maximum Gasteiger partial charge on any atom is 0.278 e. The van der Waals surface area contributed by atoms with Crippen LogP contribution in [-0.2, 0) is 16.6 Å². The summed E-state index contributed by atoms with van der Waals surface area (Å²) in [5, 5.41) is 13.9. The molecule has 6 nitrogen and oxygen atoms in total. The van der Waals surface area contributed by atoms with Gasteiger partial charge in [-0.15, -0.1) is 0 Å². The second-order valence-electron chi connectivity index (χ2n) is 7.27. The van der Waals surface area contributed by atoms with Gasteiger partial charge in [0.25, 0.3) is 5.91 Å². The van der Waals surface area contributed by atoms with Crippen molar-refractivity contribution in [3.63, 3.8) is 0 Å². The van der Waals surface area contributed by atoms with Crippen molar-refractivity contribution in [3.8, 4) is 0 Å². The lowest BCUT2D eigenvalue weighted by Crippen LogP contribution is -2.20. The highest BCUT2D eigenvalue weighted by molar-refractivity contribution is 7.84. The van der Waals surface area contributed by atoms with E-state index in [0.29, 0.717) is 28.3 Å². The zero-order chi connectivity index (χ0) is 17.9. The summed E-state index contributed by atoms with van der Waals surface area (Å²) in [6, 6.07) is 7.63. The molecule has 0 spiro atoms. The molecule has 2 aliphatic carbocycles. The molecule has 26 heavy (non-hydrogen) atoms. The van der Waals surface area contributed by atoms with E-state index in [9.17, 15) is 9.00 Å². The first-order chi connectivity index (χ1) is 12.7. The molecule has 2 aromatic rings. The quantitative estimate of drug-likeness (QED) is 0.812. The van der Waals surface area contributed by atoms with Crippen molar-refractivity contribution in [1.82, 2.24) is 15.4 Å². The second-order valence-corrected chi connectivity index (χ2v) is 8.99. The first-order valence-corrected chi connectivity index (χ1v) is 10.8. The molecule has 1 amide bonds. The number of carbonyl (C=O) groups is 1. The van der Waals surface area contributed by atoms with Crippen LogP contribution in [0.15, 0.2) is 24.3 Å². The number of carbonyl (C=O) groups excluding carboxylic acids is 1. The number of aromatic amines is 1. The molecule has 1 unspecified atom stereocenters. The third-order valence-electron chi connectivity index (χ3n) is 5.17. The predicted octanol–water partition coefficient (Wildman–Crippen LogP) is 3.52. The molecule has 1 heterocycles. The van der Waals surface area contributed by atoms with Crippen molar-refractivity contribution >= 4 is 22.4 Å². The molecule has 1 aromatic heterocycles. The van der Waals surface area contributed by atoms with Crippen LogP contribution in [0.4, 0.5) is 5.69 Å². The Kier molecular flexibility index (Phi) is 5.15. The Balaban J connectivity index is 1.41. The van der Waals surface area contributed by atoms with Crippen molar-refractivity contribution in [2.45, 2.75) is 61.9 Å². The number of amides is 1. The van der Waals surface area contributed by atoms with Gasteiger partial charge in [-0.2, -0.15) is 15.4 Å². The zero-order valence-electron chi connectivity index (χ0n) is 14.7. The molecule has 138 valence electrons. The van der Waals surface area contributed by atoms with Crippen LogP contribution in [0.2, 0.25) is 0 Å². The van der Waals surface area contributed by atoms with E-state index in [1.165, 1.54) is 19.3 Å². The summed E-state index contributed by atoms with van der Waals surface area (Å²) < 4.78 is 12.6. The molecule has 0 aliphatic heterocycles. The lowest BCUT2D eigenvalue weighted by molar-refractivity contribution is 0.102. The van der Waals surface area contributed by atoms with Gasteiger partial charge >= 0.3 is 0 Å². The minimum atomic E-state index is -0.850. The Hall–Kier alpha value is -2.02. The zero-order valence-corrected chi connectivity index (χ0v) is 15.6. The number of rotatable bonds is 6. The first-order valence-electron chi connectivity index (χ1n) is 9.39. The average Bonchev–Trinajstić information content (AvgIpc) is 3.39. The number of nitrogens with zero attached hydrogens (tertiary/aromatic N) is 2. The highest BCUT2D eigenvalue weighted by Crippen LogP contribution is 2.40. The minimum Gasteiger partial charge on any atom is -0.321 e. The molecule has 7 heteroatoms. The highest BCUT2D eigenvalue weighted by atomic mass is 32.2. The Labute approximate surface area is 155 Å². The maximum absolute atomic E-state index is 12.6. The molecule has 0 radical (unpaired) electrons. The lowest BCUT2D eigenvalue weighted by atomic mass is 10.0. The van der Waals surface area contributed by atoms with Crippen LogP contribution < -0.4 is 5.32 Å². The fraction of sp³-hybridized carbons (Fsp3) is 0.526. The van der Waals surface area contributed by atoms with E-state index in [1.54, 1.807) is 0 Å². The topological polar surface area (TPSA) is 87.7 Å². The van der Waals surface area contributed by atoms with Crippen LogP contribution in [-0.4, -0.2) is 30.8 Å². The van der Waals surface area contributed by atoms with Gasteiger partial charge in [0.15, 0.2) is 5.69 Å². The molecule has 4 rings (SSSR count). The normalized spacial score (nSPS) is 19.2. The van der Waals surface area contributed by atoms with E-state index in [4.69, 9.17) is 0 Å². The van der Waals surface area contributed by atoms with Crippen molar-refractivity contribution in [2.24, 2.45) is 0 Å². The third kappa shape index (κ3) is 4.03. The smallest absolute Gasteiger partial charge is 0.278 e. The summed E-state index contributed by atoms with van der Waals surface area (Å²) in [5.74, 6) is 0.663. The van der Waals surface area contributed by atoms with E-state index in [0.717, 1.165) is 36.9 Å². The summed E-state index contributed by atoms with van der Waals surface area (Å²) >= 11 is 0. The summed E-state index contributed by atoms with van der Waals surface area (Å²) in [4.78, 5) is 12.5. The van der Waals surface area contributed by atoms with E-state index < -0.39 is 10.8 Å². The summed E-state index contributed by atoms with van der Waals surface area (Å²) in [5.41, 5.74) is 2.84. The van der Waals surface area contributed by atoms with Gasteiger partial charge in [0.1, 0.15) is 0 Å². The predicted molar refractivity (Wildman–Crippen MR) is 101 cm³/mol. The Bertz CT molecular complexity index is 809. The van der Waals surface area contributed by atoms with Gasteiger partial charge in [-0.3, -0.25) is 9.00 Å². The molecule has 2 aliphatic rings. The van der Waals surface area contributed by atoms with Gasteiger partial charge in [-0.05, 0) is 43.4 Å². The van der Waals surface area contributed by atoms with Crippen LogP contribution in [0.3, 0.4) is 0 Å². The lowest BCUT2D eigenvalue weighted by Gasteiger charge is -2.21. The van der Waals surface area contributed by atoms with E-state index in [2.05, 4.69) is 20.7 Å². The molecule has 1 aromatic carbocycles. The molecule has 1 atom stereocenters. The van der Waals surface area contributed by atoms with Crippen LogP contribution in [0, 0.1) is 0 Å². The number of anilines is 1. The Morgan fingerprint density at radius 3 is 2.73 bits per heavy atom. The van der Waals surface area contributed by atoms with E-state index >= 15 is 0 Å². The summed E-state index contributed by atoms with van der Waals surface area (Å²) in [6.45, 7) is 0. The number of H-pyrrole nitrogens is 1. The highest BCUT2D eigenvalue weighted by Gasteiger charge is 2.31. The molecule has 0 saturated heterocycles. The third-order valence-corrected chi connectivity index (χ3v) is 7.00. The van der Waals surface area contributed by atoms with Gasteiger partial charge in [0.05, 0.1) is 5.69 Å². The largest absolute Gasteiger partial charge is 0.321 e. The first kappa shape index (κ1) is 17.4. The van der Waals surface area contributed by atoms with Crippen molar-refractivity contribution < 1.29 is 9.00 Å². The number of nitrogens with one attached hydrogen (secondary N) is 2. The molecular weight excluding hydrogens is 348 g/mol. The van der Waals surface area contributed by atoms with Crippen LogP contribution in [0.5, 0.6) is 0 Å². The molecular formula is C19H24N4O2S. The number of hydrogen-bond donors (Lipinski definition) is 2. The number of benzene rings is 1. The van der Waals surface area contributed by atoms with Crippen molar-refractivity contribution in [2.75, 3.05) is 5.32 Å². The van der Waals surface area contributed by atoms with Gasteiger partial charge in [0.2, 0.25) is 0 Å². The molecule has 2 saturated carbocycles.